The van der Waals surface area contributed by atoms with Crippen molar-refractivity contribution in [2.45, 2.75) is 6.04 Å². The Hall–Kier alpha value is -0.160. The average molecular weight is 280 g/mol. The zero-order valence-corrected chi connectivity index (χ0v) is 9.97. The summed E-state index contributed by atoms with van der Waals surface area (Å²) in [5.41, 5.74) is 1.04. The summed E-state index contributed by atoms with van der Waals surface area (Å²) in [5, 5.41) is 3.35. The first-order chi connectivity index (χ1) is 6.36. The van der Waals surface area contributed by atoms with Gasteiger partial charge in [-0.15, -0.1) is 12.4 Å². The van der Waals surface area contributed by atoms with E-state index in [4.69, 9.17) is 4.74 Å². The Bertz CT molecular complexity index is 275. The van der Waals surface area contributed by atoms with Crippen molar-refractivity contribution in [1.82, 2.24) is 10.3 Å². The maximum atomic E-state index is 5.35. The fraction of sp³-hybridized carbons (Fsp3) is 0.444. The lowest BCUT2D eigenvalue weighted by molar-refractivity contribution is 0.0756. The van der Waals surface area contributed by atoms with Crippen LogP contribution < -0.4 is 5.32 Å². The second kappa shape index (κ2) is 5.66. The van der Waals surface area contributed by atoms with Crippen LogP contribution in [0.4, 0.5) is 0 Å². The van der Waals surface area contributed by atoms with E-state index in [2.05, 4.69) is 26.2 Å². The lowest BCUT2D eigenvalue weighted by Gasteiger charge is -2.23. The van der Waals surface area contributed by atoms with Crippen LogP contribution in [0.5, 0.6) is 0 Å². The van der Waals surface area contributed by atoms with Crippen molar-refractivity contribution >= 4 is 28.3 Å². The van der Waals surface area contributed by atoms with Crippen molar-refractivity contribution < 1.29 is 4.74 Å². The van der Waals surface area contributed by atoms with Crippen LogP contribution in [0.3, 0.4) is 0 Å². The van der Waals surface area contributed by atoms with E-state index in [0.717, 1.165) is 23.3 Å². The third-order valence-corrected chi connectivity index (χ3v) is 2.50. The summed E-state index contributed by atoms with van der Waals surface area (Å²) in [7, 11) is 0. The molecule has 0 aliphatic carbocycles. The molecule has 1 aliphatic heterocycles. The highest BCUT2D eigenvalue weighted by atomic mass is 79.9. The molecule has 1 atom stereocenters. The van der Waals surface area contributed by atoms with E-state index in [1.165, 1.54) is 0 Å². The molecule has 78 valence electrons. The van der Waals surface area contributed by atoms with E-state index in [-0.39, 0.29) is 18.4 Å². The number of ether oxygens (including phenoxy) is 1. The van der Waals surface area contributed by atoms with Gasteiger partial charge in [0, 0.05) is 17.2 Å². The first-order valence-electron chi connectivity index (χ1n) is 4.29. The van der Waals surface area contributed by atoms with Gasteiger partial charge in [0.15, 0.2) is 0 Å². The zero-order chi connectivity index (χ0) is 9.10. The monoisotopic (exact) mass is 278 g/mol. The second-order valence-corrected chi connectivity index (χ2v) is 3.90. The maximum Gasteiger partial charge on any atom is 0.0733 e. The summed E-state index contributed by atoms with van der Waals surface area (Å²) in [4.78, 5) is 4.31. The van der Waals surface area contributed by atoms with Crippen LogP contribution in [0.2, 0.25) is 0 Å². The van der Waals surface area contributed by atoms with Crippen molar-refractivity contribution in [3.8, 4) is 0 Å². The molecular formula is C9H12BrClN2O. The third-order valence-electron chi connectivity index (χ3n) is 2.03. The molecule has 2 heterocycles. The largest absolute Gasteiger partial charge is 0.378 e. The molecular weight excluding hydrogens is 267 g/mol. The van der Waals surface area contributed by atoms with Crippen molar-refractivity contribution in [3.63, 3.8) is 0 Å². The molecule has 1 aromatic heterocycles. The standard InChI is InChI=1S/C9H11BrN2O.ClH/c10-7-1-2-8(12-5-7)9-6-13-4-3-11-9;/h1-2,5,9,11H,3-4,6H2;1H/t9-;/m1./s1. The average Bonchev–Trinajstić information content (AvgIpc) is 2.20. The molecule has 5 heteroatoms. The van der Waals surface area contributed by atoms with E-state index in [1.54, 1.807) is 0 Å². The van der Waals surface area contributed by atoms with Gasteiger partial charge in [-0.1, -0.05) is 0 Å². The first kappa shape index (κ1) is 11.9. The summed E-state index contributed by atoms with van der Waals surface area (Å²) in [6, 6.07) is 4.26. The number of hydrogen-bond donors (Lipinski definition) is 1. The summed E-state index contributed by atoms with van der Waals surface area (Å²) >= 11 is 3.36. The van der Waals surface area contributed by atoms with Gasteiger partial charge in [0.05, 0.1) is 24.9 Å². The minimum Gasteiger partial charge on any atom is -0.378 e. The minimum atomic E-state index is 0. The minimum absolute atomic E-state index is 0. The van der Waals surface area contributed by atoms with Crippen molar-refractivity contribution in [2.75, 3.05) is 19.8 Å². The van der Waals surface area contributed by atoms with Gasteiger partial charge in [0.25, 0.3) is 0 Å². The highest BCUT2D eigenvalue weighted by Gasteiger charge is 2.15. The number of hydrogen-bond acceptors (Lipinski definition) is 3. The molecule has 14 heavy (non-hydrogen) atoms. The molecule has 2 rings (SSSR count). The van der Waals surface area contributed by atoms with Gasteiger partial charge >= 0.3 is 0 Å². The summed E-state index contributed by atoms with van der Waals surface area (Å²) < 4.78 is 6.36. The Morgan fingerprint density at radius 3 is 2.93 bits per heavy atom. The fourth-order valence-corrected chi connectivity index (χ4v) is 1.58. The third kappa shape index (κ3) is 2.92. The molecule has 0 unspecified atom stereocenters. The highest BCUT2D eigenvalue weighted by Crippen LogP contribution is 2.15. The molecule has 0 bridgehead atoms. The number of morpholine rings is 1. The maximum absolute atomic E-state index is 5.35. The number of nitrogens with zero attached hydrogens (tertiary/aromatic N) is 1. The molecule has 0 saturated carbocycles. The van der Waals surface area contributed by atoms with Gasteiger partial charge < -0.3 is 10.1 Å². The summed E-state index contributed by atoms with van der Waals surface area (Å²) in [6.45, 7) is 2.42. The topological polar surface area (TPSA) is 34.1 Å². The second-order valence-electron chi connectivity index (χ2n) is 2.98. The molecule has 0 radical (unpaired) electrons. The van der Waals surface area contributed by atoms with Gasteiger partial charge in [0.2, 0.25) is 0 Å². The molecule has 1 fully saturated rings. The molecule has 3 nitrogen and oxygen atoms in total. The van der Waals surface area contributed by atoms with E-state index in [9.17, 15) is 0 Å². The predicted octanol–water partition coefficient (Wildman–Crippen LogP) is 1.93. The number of halogens is 2. The van der Waals surface area contributed by atoms with Crippen LogP contribution in [0.25, 0.3) is 0 Å². The number of rotatable bonds is 1. The Labute approximate surface area is 97.8 Å². The predicted molar refractivity (Wildman–Crippen MR) is 60.7 cm³/mol. The van der Waals surface area contributed by atoms with Crippen LogP contribution in [0, 0.1) is 0 Å². The Balaban J connectivity index is 0.000000980. The van der Waals surface area contributed by atoms with Gasteiger partial charge in [-0.25, -0.2) is 0 Å². The molecule has 1 saturated heterocycles. The van der Waals surface area contributed by atoms with Crippen LogP contribution in [0.1, 0.15) is 11.7 Å². The lowest BCUT2D eigenvalue weighted by atomic mass is 10.2. The molecule has 1 aliphatic rings. The van der Waals surface area contributed by atoms with E-state index < -0.39 is 0 Å². The highest BCUT2D eigenvalue weighted by molar-refractivity contribution is 9.10. The number of nitrogens with one attached hydrogen (secondary N) is 1. The molecule has 1 N–H and O–H groups in total. The summed E-state index contributed by atoms with van der Waals surface area (Å²) in [5.74, 6) is 0. The normalized spacial score (nSPS) is 21.4. The molecule has 0 aromatic carbocycles. The molecule has 0 amide bonds. The molecule has 1 aromatic rings. The Morgan fingerprint density at radius 2 is 2.36 bits per heavy atom. The van der Waals surface area contributed by atoms with Crippen molar-refractivity contribution in [3.05, 3.63) is 28.5 Å². The first-order valence-corrected chi connectivity index (χ1v) is 5.08. The van der Waals surface area contributed by atoms with Crippen molar-refractivity contribution in [1.29, 1.82) is 0 Å². The van der Waals surface area contributed by atoms with Gasteiger partial charge in [-0.05, 0) is 28.1 Å². The van der Waals surface area contributed by atoms with Crippen LogP contribution >= 0.6 is 28.3 Å². The lowest BCUT2D eigenvalue weighted by Crippen LogP contribution is -2.34. The van der Waals surface area contributed by atoms with Gasteiger partial charge in [-0.3, -0.25) is 4.98 Å². The SMILES string of the molecule is Brc1ccc([C@H]2COCCN2)nc1.Cl. The van der Waals surface area contributed by atoms with Crippen LogP contribution in [-0.2, 0) is 4.74 Å². The fourth-order valence-electron chi connectivity index (χ4n) is 1.35. The van der Waals surface area contributed by atoms with Crippen LogP contribution in [0.15, 0.2) is 22.8 Å². The van der Waals surface area contributed by atoms with E-state index in [0.29, 0.717) is 6.61 Å². The van der Waals surface area contributed by atoms with Crippen LogP contribution in [-0.4, -0.2) is 24.7 Å². The Kier molecular flexibility index (Phi) is 4.81. The van der Waals surface area contributed by atoms with Crippen molar-refractivity contribution in [2.24, 2.45) is 0 Å². The van der Waals surface area contributed by atoms with E-state index >= 15 is 0 Å². The van der Waals surface area contributed by atoms with Gasteiger partial charge in [-0.2, -0.15) is 0 Å². The van der Waals surface area contributed by atoms with E-state index in [1.807, 2.05) is 18.3 Å². The Morgan fingerprint density at radius 1 is 1.50 bits per heavy atom. The number of pyridine rings is 1. The molecule has 0 spiro atoms. The quantitative estimate of drug-likeness (QED) is 0.853. The van der Waals surface area contributed by atoms with Gasteiger partial charge in [0.1, 0.15) is 0 Å². The smallest absolute Gasteiger partial charge is 0.0733 e. The number of aromatic nitrogens is 1. The summed E-state index contributed by atoms with van der Waals surface area (Å²) in [6.07, 6.45) is 1.81. The zero-order valence-electron chi connectivity index (χ0n) is 7.57.